The summed E-state index contributed by atoms with van der Waals surface area (Å²) in [7, 11) is -1.50. The smallest absolute Gasteiger partial charge is 0.443 e. The first-order valence-corrected chi connectivity index (χ1v) is 31.3. The monoisotopic (exact) mass is 1350 g/mol. The Balaban J connectivity index is 0.000000208. The summed E-state index contributed by atoms with van der Waals surface area (Å²) in [6.07, 6.45) is 4.97. The molecule has 4 atom stereocenters. The van der Waals surface area contributed by atoms with E-state index in [9.17, 15) is 33.6 Å². The van der Waals surface area contributed by atoms with Crippen molar-refractivity contribution in [2.24, 2.45) is 9.98 Å². The summed E-state index contributed by atoms with van der Waals surface area (Å²) in [6, 6.07) is 46.0. The molecule has 0 spiro atoms. The maximum absolute atomic E-state index is 12.0. The summed E-state index contributed by atoms with van der Waals surface area (Å²) in [5.41, 5.74) is 6.02. The molecule has 5 aromatic rings. The van der Waals surface area contributed by atoms with Crippen LogP contribution in [0.4, 0.5) is 9.59 Å². The van der Waals surface area contributed by atoms with Gasteiger partial charge in [0.25, 0.3) is 5.91 Å². The summed E-state index contributed by atoms with van der Waals surface area (Å²) in [6.45, 7) is 13.4. The van der Waals surface area contributed by atoms with Crippen LogP contribution in [0.3, 0.4) is 0 Å². The van der Waals surface area contributed by atoms with E-state index in [4.69, 9.17) is 74.1 Å². The highest BCUT2D eigenvalue weighted by Crippen LogP contribution is 2.32. The number of alkyl halides is 1. The largest absolute Gasteiger partial charge is 0.488 e. The summed E-state index contributed by atoms with van der Waals surface area (Å²) in [4.78, 5) is 92.9. The number of nitrogens with one attached hydrogen (secondary N) is 1. The molecule has 4 unspecified atom stereocenters. The number of aliphatic hydroxyl groups excluding tert-OH is 1. The molecular weight excluding hydrogens is 1280 g/mol. The normalized spacial score (nSPS) is 17.8. The molecule has 4 N–H and O–H groups in total. The zero-order chi connectivity index (χ0) is 71.4. The van der Waals surface area contributed by atoms with Gasteiger partial charge in [-0.15, -0.1) is 11.6 Å². The van der Waals surface area contributed by atoms with Crippen LogP contribution in [0.5, 0.6) is 0 Å². The predicted molar refractivity (Wildman–Crippen MR) is 361 cm³/mol. The molecule has 7 amide bonds. The minimum atomic E-state index is -1.50. The Bertz CT molecular complexity index is 3880. The van der Waals surface area contributed by atoms with Crippen molar-refractivity contribution in [3.63, 3.8) is 0 Å². The molecule has 0 saturated carbocycles. The molecule has 4 saturated heterocycles. The van der Waals surface area contributed by atoms with E-state index in [1.807, 2.05) is 60.7 Å². The third kappa shape index (κ3) is 25.3. The van der Waals surface area contributed by atoms with Crippen LogP contribution in [0, 0.1) is 56.7 Å². The fraction of sp³-hybridized carbons (Fsp3) is 0.343. The average molecular weight is 1360 g/mol. The van der Waals surface area contributed by atoms with Crippen LogP contribution in [-0.4, -0.2) is 158 Å². The molecule has 502 valence electrons. The maximum Gasteiger partial charge on any atom is 0.488 e. The van der Waals surface area contributed by atoms with Gasteiger partial charge in [-0.1, -0.05) is 78.3 Å². The van der Waals surface area contributed by atoms with Gasteiger partial charge in [-0.05, 0) is 130 Å². The van der Waals surface area contributed by atoms with Crippen molar-refractivity contribution in [3.05, 3.63) is 184 Å². The van der Waals surface area contributed by atoms with Gasteiger partial charge >= 0.3 is 19.3 Å². The highest BCUT2D eigenvalue weighted by Gasteiger charge is 2.38. The zero-order valence-electron chi connectivity index (χ0n) is 54.3. The van der Waals surface area contributed by atoms with Gasteiger partial charge in [-0.3, -0.25) is 29.0 Å². The molecule has 0 radical (unpaired) electrons. The Kier molecular flexibility index (Phi) is 29.8. The fourth-order valence-electron chi connectivity index (χ4n) is 9.91. The van der Waals surface area contributed by atoms with Crippen molar-refractivity contribution in [3.8, 4) is 30.3 Å². The third-order valence-corrected chi connectivity index (χ3v) is 15.2. The number of ether oxygens (including phenoxy) is 2. The van der Waals surface area contributed by atoms with Gasteiger partial charge < -0.3 is 39.7 Å². The number of carbonyl (C=O) groups is 7. The second kappa shape index (κ2) is 37.5. The number of imide groups is 2. The van der Waals surface area contributed by atoms with Gasteiger partial charge in [0.05, 0.1) is 77.3 Å². The Labute approximate surface area is 573 Å². The number of likely N-dealkylation sites (tertiary alicyclic amines) is 3. The lowest BCUT2D eigenvalue weighted by Crippen LogP contribution is -2.37. The van der Waals surface area contributed by atoms with Crippen LogP contribution in [0.1, 0.15) is 141 Å². The summed E-state index contributed by atoms with van der Waals surface area (Å²) < 4.78 is 10.3. The van der Waals surface area contributed by atoms with Crippen molar-refractivity contribution in [1.82, 2.24) is 24.9 Å². The van der Waals surface area contributed by atoms with Crippen LogP contribution in [0.2, 0.25) is 0 Å². The van der Waals surface area contributed by atoms with Gasteiger partial charge in [0.15, 0.2) is 0 Å². The van der Waals surface area contributed by atoms with Crippen molar-refractivity contribution in [1.29, 1.82) is 26.3 Å². The number of rotatable bonds is 7. The molecule has 0 bridgehead atoms. The number of amides is 7. The fourth-order valence-corrected chi connectivity index (χ4v) is 10.3. The summed E-state index contributed by atoms with van der Waals surface area (Å²) >= 11 is 11.0. The number of nitrogens with zero attached hydrogens (tertiary/aromatic N) is 11. The quantitative estimate of drug-likeness (QED) is 0.0679. The highest BCUT2D eigenvalue weighted by atomic mass is 35.5. The second-order valence-corrected chi connectivity index (χ2v) is 24.9. The van der Waals surface area contributed by atoms with Crippen LogP contribution in [-0.2, 0) is 33.4 Å². The number of hydrogen-bond donors (Lipinski definition) is 4. The van der Waals surface area contributed by atoms with E-state index >= 15 is 0 Å². The topological polar surface area (TPSA) is 367 Å². The van der Waals surface area contributed by atoms with E-state index in [2.05, 4.69) is 39.6 Å². The van der Waals surface area contributed by atoms with E-state index in [1.54, 1.807) is 113 Å². The minimum absolute atomic E-state index is 0.0325. The Hall–Kier alpha value is -10.6. The molecule has 11 rings (SSSR count). The molecule has 6 aliphatic heterocycles. The van der Waals surface area contributed by atoms with E-state index in [0.717, 1.165) is 32.1 Å². The van der Waals surface area contributed by atoms with Gasteiger partial charge in [-0.2, -0.15) is 26.3 Å². The number of halogens is 2. The SMILES string of the molecule is CC(C)(C)OC(=O)N1CC(c2cccc(C#N)c2)CC1=O.CC(C)(C)OC(=O)N1CC=CC1=O.ClC1=NC=NC1.N#Cc1cccc(B(O)O)c1.N#Cc1cccc(C2CC(=O)N(CCl)C2)c1.N#Cc1cccc(C2CC(=O)N(CO)C2)c1.N#Cc1cccc(C2CNC(=O)C2)c1. The molecule has 0 aliphatic carbocycles. The van der Waals surface area contributed by atoms with Gasteiger partial charge in [0.1, 0.15) is 29.4 Å². The highest BCUT2D eigenvalue weighted by molar-refractivity contribution is 6.67. The summed E-state index contributed by atoms with van der Waals surface area (Å²) in [5, 5.41) is 73.4. The molecule has 24 nitrogen and oxygen atoms in total. The van der Waals surface area contributed by atoms with Crippen molar-refractivity contribution < 1.29 is 58.2 Å². The molecule has 0 aromatic heterocycles. The van der Waals surface area contributed by atoms with E-state index in [-0.39, 0.29) is 72.4 Å². The van der Waals surface area contributed by atoms with Crippen LogP contribution >= 0.6 is 23.2 Å². The molecule has 4 fully saturated rings. The van der Waals surface area contributed by atoms with Gasteiger partial charge in [0.2, 0.25) is 23.6 Å². The molecule has 6 aliphatic rings. The molecule has 27 heteroatoms. The number of carbonyl (C=O) groups excluding carboxylic acids is 7. The third-order valence-electron chi connectivity index (χ3n) is 14.7. The zero-order valence-corrected chi connectivity index (χ0v) is 55.9. The first-order chi connectivity index (χ1) is 46.1. The van der Waals surface area contributed by atoms with Crippen molar-refractivity contribution in [2.75, 3.05) is 52.0 Å². The predicted octanol–water partition coefficient (Wildman–Crippen LogP) is 8.09. The summed E-state index contributed by atoms with van der Waals surface area (Å²) in [5.74, 6) is 0.00191. The van der Waals surface area contributed by atoms with E-state index in [0.29, 0.717) is 97.0 Å². The van der Waals surface area contributed by atoms with Crippen molar-refractivity contribution >= 4 is 89.0 Å². The minimum Gasteiger partial charge on any atom is -0.443 e. The Morgan fingerprint density at radius 3 is 1.34 bits per heavy atom. The number of aliphatic imine (C=N–C) groups is 2. The van der Waals surface area contributed by atoms with Crippen LogP contribution in [0.15, 0.2) is 143 Å². The molecule has 6 heterocycles. The van der Waals surface area contributed by atoms with Gasteiger partial charge in [0, 0.05) is 81.6 Å². The van der Waals surface area contributed by atoms with Gasteiger partial charge in [-0.25, -0.2) is 24.4 Å². The van der Waals surface area contributed by atoms with Crippen LogP contribution < -0.4 is 10.8 Å². The van der Waals surface area contributed by atoms with Crippen LogP contribution in [0.25, 0.3) is 0 Å². The first-order valence-electron chi connectivity index (χ1n) is 30.4. The lowest BCUT2D eigenvalue weighted by molar-refractivity contribution is -0.131. The van der Waals surface area contributed by atoms with Crippen molar-refractivity contribution in [2.45, 2.75) is 102 Å². The molecule has 97 heavy (non-hydrogen) atoms. The molecular formula is C70H73BCl2N12O12. The maximum atomic E-state index is 12.0. The number of aliphatic hydroxyl groups is 1. The Morgan fingerprint density at radius 2 is 1.00 bits per heavy atom. The lowest BCUT2D eigenvalue weighted by atomic mass is 9.80. The molecule has 5 aromatic carbocycles. The standard InChI is InChI=1S/C16H18N2O3.C12H11ClN2O.C12H12N2O2.C11H10N2O.C9H13NO3.C7H6BNO2.C3H3ClN2/c1-16(2,3)21-15(20)18-10-13(8-14(18)19)12-6-4-5-11(7-12)9-17;13-8-15-7-11(5-12(15)16)10-3-1-2-9(4-10)6-14;13-6-9-2-1-3-10(4-9)11-5-12(16)14(7-11)8-15;12-6-8-2-1-3-9(4-8)10-5-11(14)13-7-10;1-9(2,3)13-8(12)10-6-4-5-7(10)11;9-5-6-2-1-3-7(4-6)8(10)11;4-3-1-5-2-6-3/h4-7,13H,8,10H2,1-3H3;1-4,11H,5,7-8H2;1-4,11,15H,5,7-8H2;1-4,10H,5,7H2,(H,13,14);4-5H,6H2,1-3H3;1-4,10-11H;2H,1H2. The lowest BCUT2D eigenvalue weighted by Gasteiger charge is -2.23. The van der Waals surface area contributed by atoms with E-state index in [1.165, 1.54) is 23.4 Å². The number of benzene rings is 5. The average Bonchev–Trinajstić information content (AvgIpc) is 1.71. The first kappa shape index (κ1) is 77.2. The Morgan fingerprint density at radius 1 is 0.588 bits per heavy atom. The number of hydrogen-bond acceptors (Lipinski definition) is 19. The second-order valence-electron chi connectivity index (χ2n) is 24.2. The number of nitriles is 5. The van der Waals surface area contributed by atoms with E-state index < -0.39 is 30.5 Å².